The molecule has 0 heterocycles. The summed E-state index contributed by atoms with van der Waals surface area (Å²) >= 11 is 0. The highest BCUT2D eigenvalue weighted by Gasteiger charge is 2.24. The van der Waals surface area contributed by atoms with Crippen molar-refractivity contribution in [2.45, 2.75) is 57.5 Å². The number of hydrogen-bond donors (Lipinski definition) is 2. The van der Waals surface area contributed by atoms with Crippen LogP contribution in [-0.2, 0) is 4.79 Å². The van der Waals surface area contributed by atoms with Gasteiger partial charge in [-0.1, -0.05) is 19.3 Å². The largest absolute Gasteiger partial charge is 0.481 e. The molecule has 0 amide bonds. The zero-order valence-corrected chi connectivity index (χ0v) is 8.61. The summed E-state index contributed by atoms with van der Waals surface area (Å²) in [5, 5.41) is 18.0. The van der Waals surface area contributed by atoms with E-state index in [0.29, 0.717) is 5.92 Å². The molecule has 0 aliphatic heterocycles. The molecule has 2 unspecified atom stereocenters. The maximum Gasteiger partial charge on any atom is 0.303 e. The third-order valence-electron chi connectivity index (χ3n) is 3.08. The number of unbranched alkanes of at least 4 members (excludes halogenated alkanes) is 2. The average molecular weight is 200 g/mol. The quantitative estimate of drug-likeness (QED) is 0.646. The molecule has 0 saturated heterocycles. The molecule has 1 aliphatic rings. The number of carbonyl (C=O) groups is 1. The fraction of sp³-hybridized carbons (Fsp3) is 0.909. The second kappa shape index (κ2) is 6.02. The molecule has 1 rings (SSSR count). The number of hydrogen-bond acceptors (Lipinski definition) is 2. The van der Waals surface area contributed by atoms with Gasteiger partial charge in [0.1, 0.15) is 0 Å². The summed E-state index contributed by atoms with van der Waals surface area (Å²) in [6.07, 6.45) is 7.35. The first-order valence-corrected chi connectivity index (χ1v) is 5.60. The molecule has 1 saturated carbocycles. The fourth-order valence-corrected chi connectivity index (χ4v) is 2.21. The van der Waals surface area contributed by atoms with Gasteiger partial charge in [-0.15, -0.1) is 0 Å². The molecule has 0 spiro atoms. The van der Waals surface area contributed by atoms with Crippen molar-refractivity contribution in [3.8, 4) is 0 Å². The van der Waals surface area contributed by atoms with Crippen molar-refractivity contribution in [3.05, 3.63) is 0 Å². The van der Waals surface area contributed by atoms with E-state index in [9.17, 15) is 9.90 Å². The van der Waals surface area contributed by atoms with Gasteiger partial charge in [0.25, 0.3) is 0 Å². The molecule has 0 aromatic carbocycles. The van der Waals surface area contributed by atoms with E-state index < -0.39 is 5.97 Å². The summed E-state index contributed by atoms with van der Waals surface area (Å²) in [5.74, 6) is -0.217. The topological polar surface area (TPSA) is 57.5 Å². The molecule has 82 valence electrons. The Bertz CT molecular complexity index is 179. The molecule has 2 N–H and O–H groups in total. The predicted octanol–water partition coefficient (Wildman–Crippen LogP) is 2.18. The van der Waals surface area contributed by atoms with E-state index in [1.165, 1.54) is 0 Å². The summed E-state index contributed by atoms with van der Waals surface area (Å²) < 4.78 is 0. The Morgan fingerprint density at radius 1 is 1.21 bits per heavy atom. The van der Waals surface area contributed by atoms with Gasteiger partial charge in [-0.05, 0) is 31.6 Å². The van der Waals surface area contributed by atoms with Gasteiger partial charge in [0, 0.05) is 6.42 Å². The minimum Gasteiger partial charge on any atom is -0.481 e. The van der Waals surface area contributed by atoms with Crippen molar-refractivity contribution in [1.82, 2.24) is 0 Å². The van der Waals surface area contributed by atoms with Crippen LogP contribution in [0, 0.1) is 5.92 Å². The fourth-order valence-electron chi connectivity index (χ4n) is 2.21. The van der Waals surface area contributed by atoms with E-state index in [-0.39, 0.29) is 12.5 Å². The van der Waals surface area contributed by atoms with Crippen LogP contribution in [0.4, 0.5) is 0 Å². The molecule has 0 aromatic rings. The minimum absolute atomic E-state index is 0.0885. The monoisotopic (exact) mass is 200 g/mol. The molecule has 1 fully saturated rings. The first kappa shape index (κ1) is 11.5. The highest BCUT2D eigenvalue weighted by atomic mass is 16.4. The lowest BCUT2D eigenvalue weighted by atomic mass is 9.98. The van der Waals surface area contributed by atoms with Crippen molar-refractivity contribution >= 4 is 5.97 Å². The molecular formula is C11H20O3. The normalized spacial score (nSPS) is 26.6. The number of aliphatic hydroxyl groups is 1. The molecule has 2 atom stereocenters. The highest BCUT2D eigenvalue weighted by molar-refractivity contribution is 5.66. The Balaban J connectivity index is 1.95. The summed E-state index contributed by atoms with van der Waals surface area (Å²) in [5.41, 5.74) is 0. The zero-order valence-electron chi connectivity index (χ0n) is 8.61. The molecule has 3 nitrogen and oxygen atoms in total. The Hall–Kier alpha value is -0.570. The highest BCUT2D eigenvalue weighted by Crippen LogP contribution is 2.29. The van der Waals surface area contributed by atoms with Crippen molar-refractivity contribution in [1.29, 1.82) is 0 Å². The molecule has 1 aliphatic carbocycles. The van der Waals surface area contributed by atoms with E-state index in [1.54, 1.807) is 0 Å². The van der Waals surface area contributed by atoms with E-state index >= 15 is 0 Å². The van der Waals surface area contributed by atoms with Gasteiger partial charge in [0.05, 0.1) is 6.10 Å². The van der Waals surface area contributed by atoms with E-state index in [1.807, 2.05) is 0 Å². The maximum atomic E-state index is 10.2. The van der Waals surface area contributed by atoms with Crippen molar-refractivity contribution in [2.75, 3.05) is 0 Å². The minimum atomic E-state index is -0.703. The number of aliphatic hydroxyl groups excluding tert-OH is 1. The predicted molar refractivity (Wildman–Crippen MR) is 54.1 cm³/mol. The Morgan fingerprint density at radius 3 is 2.57 bits per heavy atom. The number of carboxylic acid groups (broad SMARTS) is 1. The molecular weight excluding hydrogens is 180 g/mol. The third kappa shape index (κ3) is 4.09. The summed E-state index contributed by atoms with van der Waals surface area (Å²) in [6, 6.07) is 0. The van der Waals surface area contributed by atoms with Gasteiger partial charge < -0.3 is 10.2 Å². The second-order valence-electron chi connectivity index (χ2n) is 4.25. The van der Waals surface area contributed by atoms with Gasteiger partial charge in [0.15, 0.2) is 0 Å². The van der Waals surface area contributed by atoms with Crippen molar-refractivity contribution in [2.24, 2.45) is 5.92 Å². The molecule has 0 bridgehead atoms. The first-order chi connectivity index (χ1) is 6.70. The molecule has 14 heavy (non-hydrogen) atoms. The summed E-state index contributed by atoms with van der Waals surface area (Å²) in [4.78, 5) is 10.2. The zero-order chi connectivity index (χ0) is 10.4. The smallest absolute Gasteiger partial charge is 0.303 e. The molecule has 0 radical (unpaired) electrons. The Labute approximate surface area is 85.1 Å². The van der Waals surface area contributed by atoms with E-state index in [0.717, 1.165) is 44.9 Å². The standard InChI is InChI=1S/C11H20O3/c12-10-7-4-6-9(10)5-2-1-3-8-11(13)14/h9-10,12H,1-8H2,(H,13,14). The van der Waals surface area contributed by atoms with E-state index in [2.05, 4.69) is 0 Å². The molecule has 0 aromatic heterocycles. The van der Waals surface area contributed by atoms with Crippen LogP contribution in [0.25, 0.3) is 0 Å². The van der Waals surface area contributed by atoms with Gasteiger partial charge in [-0.2, -0.15) is 0 Å². The SMILES string of the molecule is O=C(O)CCCCCC1CCCC1O. The summed E-state index contributed by atoms with van der Waals surface area (Å²) in [6.45, 7) is 0. The molecule has 3 heteroatoms. The average Bonchev–Trinajstić information content (AvgIpc) is 2.51. The van der Waals surface area contributed by atoms with Crippen LogP contribution in [-0.4, -0.2) is 22.3 Å². The second-order valence-corrected chi connectivity index (χ2v) is 4.25. The Kier molecular flexibility index (Phi) is 4.94. The lowest BCUT2D eigenvalue weighted by Crippen LogP contribution is -2.12. The van der Waals surface area contributed by atoms with Crippen LogP contribution in [0.2, 0.25) is 0 Å². The number of carboxylic acids is 1. The third-order valence-corrected chi connectivity index (χ3v) is 3.08. The van der Waals surface area contributed by atoms with E-state index in [4.69, 9.17) is 5.11 Å². The van der Waals surface area contributed by atoms with Gasteiger partial charge >= 0.3 is 5.97 Å². The summed E-state index contributed by atoms with van der Waals surface area (Å²) in [7, 11) is 0. The number of rotatable bonds is 6. The number of aliphatic carboxylic acids is 1. The Morgan fingerprint density at radius 2 is 2.00 bits per heavy atom. The van der Waals surface area contributed by atoms with Crippen LogP contribution in [0.3, 0.4) is 0 Å². The van der Waals surface area contributed by atoms with Crippen LogP contribution >= 0.6 is 0 Å². The maximum absolute atomic E-state index is 10.2. The van der Waals surface area contributed by atoms with Gasteiger partial charge in [-0.25, -0.2) is 0 Å². The van der Waals surface area contributed by atoms with Crippen LogP contribution < -0.4 is 0 Å². The van der Waals surface area contributed by atoms with Gasteiger partial charge in [-0.3, -0.25) is 4.79 Å². The van der Waals surface area contributed by atoms with Crippen molar-refractivity contribution in [3.63, 3.8) is 0 Å². The first-order valence-electron chi connectivity index (χ1n) is 5.60. The van der Waals surface area contributed by atoms with Crippen LogP contribution in [0.1, 0.15) is 51.4 Å². The van der Waals surface area contributed by atoms with Gasteiger partial charge in [0.2, 0.25) is 0 Å². The van der Waals surface area contributed by atoms with Crippen LogP contribution in [0.5, 0.6) is 0 Å². The van der Waals surface area contributed by atoms with Crippen molar-refractivity contribution < 1.29 is 15.0 Å². The van der Waals surface area contributed by atoms with Crippen LogP contribution in [0.15, 0.2) is 0 Å². The lowest BCUT2D eigenvalue weighted by Gasteiger charge is -2.13. The lowest BCUT2D eigenvalue weighted by molar-refractivity contribution is -0.137.